The average Bonchev–Trinajstić information content (AvgIpc) is 2.38. The van der Waals surface area contributed by atoms with Gasteiger partial charge in [0.05, 0.1) is 17.0 Å². The van der Waals surface area contributed by atoms with E-state index in [9.17, 15) is 8.42 Å². The molecule has 0 saturated carbocycles. The van der Waals surface area contributed by atoms with E-state index in [0.717, 1.165) is 9.86 Å². The van der Waals surface area contributed by atoms with Crippen LogP contribution < -0.4 is 4.72 Å². The summed E-state index contributed by atoms with van der Waals surface area (Å²) in [7, 11) is -1.84. The molecule has 2 aromatic rings. The summed E-state index contributed by atoms with van der Waals surface area (Å²) >= 11 is 3.35. The molecule has 0 saturated heterocycles. The van der Waals surface area contributed by atoms with E-state index < -0.39 is 10.0 Å². The predicted molar refractivity (Wildman–Crippen MR) is 83.3 cm³/mol. The van der Waals surface area contributed by atoms with E-state index in [1.165, 1.54) is 0 Å². The van der Waals surface area contributed by atoms with E-state index >= 15 is 0 Å². The standard InChI is InChI=1S/C13H15BrN2O3S/c1-19-6-3-7-20(17,18)16-12-5-2-4-10-8-11(14)9-15-13(10)12/h2,4-5,8-9,16H,3,6-7H2,1H3. The number of ether oxygens (including phenoxy) is 1. The lowest BCUT2D eigenvalue weighted by molar-refractivity contribution is 0.199. The molecule has 0 aliphatic heterocycles. The molecule has 5 nitrogen and oxygen atoms in total. The zero-order valence-electron chi connectivity index (χ0n) is 11.0. The number of rotatable bonds is 6. The summed E-state index contributed by atoms with van der Waals surface area (Å²) in [6, 6.07) is 7.28. The largest absolute Gasteiger partial charge is 0.385 e. The molecule has 0 amide bonds. The van der Waals surface area contributed by atoms with Crippen molar-refractivity contribution in [3.05, 3.63) is 34.9 Å². The third-order valence-electron chi connectivity index (χ3n) is 2.70. The fourth-order valence-corrected chi connectivity index (χ4v) is 3.28. The second-order valence-electron chi connectivity index (χ2n) is 4.30. The molecule has 0 fully saturated rings. The number of nitrogens with one attached hydrogen (secondary N) is 1. The molecule has 1 N–H and O–H groups in total. The Morgan fingerprint density at radius 1 is 1.40 bits per heavy atom. The lowest BCUT2D eigenvalue weighted by Crippen LogP contribution is -2.18. The Hall–Kier alpha value is -1.18. The summed E-state index contributed by atoms with van der Waals surface area (Å²) in [6.07, 6.45) is 2.10. The van der Waals surface area contributed by atoms with E-state index in [4.69, 9.17) is 4.74 Å². The molecule has 7 heteroatoms. The number of halogens is 1. The van der Waals surface area contributed by atoms with Crippen molar-refractivity contribution >= 4 is 42.5 Å². The van der Waals surface area contributed by atoms with Gasteiger partial charge in [-0.2, -0.15) is 0 Å². The molecule has 0 atom stereocenters. The van der Waals surface area contributed by atoms with Gasteiger partial charge in [0.1, 0.15) is 0 Å². The summed E-state index contributed by atoms with van der Waals surface area (Å²) in [4.78, 5) is 4.26. The molecule has 0 unspecified atom stereocenters. The fourth-order valence-electron chi connectivity index (χ4n) is 1.83. The van der Waals surface area contributed by atoms with E-state index in [2.05, 4.69) is 25.6 Å². The third kappa shape index (κ3) is 3.91. The molecule has 20 heavy (non-hydrogen) atoms. The summed E-state index contributed by atoms with van der Waals surface area (Å²) in [5.74, 6) is 0.0216. The topological polar surface area (TPSA) is 68.3 Å². The first kappa shape index (κ1) is 15.2. The summed E-state index contributed by atoms with van der Waals surface area (Å²) in [5, 5.41) is 0.872. The van der Waals surface area contributed by atoms with Crippen LogP contribution in [0.5, 0.6) is 0 Å². The highest BCUT2D eigenvalue weighted by Crippen LogP contribution is 2.24. The van der Waals surface area contributed by atoms with Gasteiger partial charge in [-0.15, -0.1) is 0 Å². The van der Waals surface area contributed by atoms with Gasteiger partial charge in [-0.25, -0.2) is 8.42 Å². The van der Waals surface area contributed by atoms with Crippen LogP contribution in [-0.2, 0) is 14.8 Å². The van der Waals surface area contributed by atoms with Crippen molar-refractivity contribution in [2.45, 2.75) is 6.42 Å². The summed E-state index contributed by atoms with van der Waals surface area (Å²) < 4.78 is 32.3. The predicted octanol–water partition coefficient (Wildman–Crippen LogP) is 2.78. The van der Waals surface area contributed by atoms with Gasteiger partial charge in [0.2, 0.25) is 10.0 Å². The highest BCUT2D eigenvalue weighted by Gasteiger charge is 2.12. The molecule has 0 aliphatic rings. The maximum Gasteiger partial charge on any atom is 0.232 e. The van der Waals surface area contributed by atoms with E-state index in [0.29, 0.717) is 24.2 Å². The van der Waals surface area contributed by atoms with Crippen LogP contribution in [-0.4, -0.2) is 32.9 Å². The molecule has 2 rings (SSSR count). The quantitative estimate of drug-likeness (QED) is 0.806. The van der Waals surface area contributed by atoms with Crippen molar-refractivity contribution in [2.24, 2.45) is 0 Å². The number of fused-ring (bicyclic) bond motifs is 1. The zero-order chi connectivity index (χ0) is 14.6. The van der Waals surface area contributed by atoms with Gasteiger partial charge >= 0.3 is 0 Å². The Labute approximate surface area is 126 Å². The third-order valence-corrected chi connectivity index (χ3v) is 4.50. The van der Waals surface area contributed by atoms with Gasteiger partial charge in [-0.05, 0) is 34.5 Å². The van der Waals surface area contributed by atoms with Crippen LogP contribution >= 0.6 is 15.9 Å². The van der Waals surface area contributed by atoms with Crippen molar-refractivity contribution < 1.29 is 13.2 Å². The second-order valence-corrected chi connectivity index (χ2v) is 7.06. The number of benzene rings is 1. The van der Waals surface area contributed by atoms with Gasteiger partial charge in [-0.1, -0.05) is 12.1 Å². The highest BCUT2D eigenvalue weighted by molar-refractivity contribution is 9.10. The van der Waals surface area contributed by atoms with Crippen molar-refractivity contribution in [1.82, 2.24) is 4.98 Å². The first-order chi connectivity index (χ1) is 9.52. The van der Waals surface area contributed by atoms with E-state index in [1.807, 2.05) is 12.1 Å². The average molecular weight is 359 g/mol. The first-order valence-electron chi connectivity index (χ1n) is 6.05. The van der Waals surface area contributed by atoms with Gasteiger partial charge in [0.25, 0.3) is 0 Å². The lowest BCUT2D eigenvalue weighted by atomic mass is 10.2. The molecule has 1 heterocycles. The minimum atomic E-state index is -3.39. The Kier molecular flexibility index (Phi) is 4.95. The van der Waals surface area contributed by atoms with Crippen molar-refractivity contribution in [3.8, 4) is 0 Å². The Morgan fingerprint density at radius 2 is 2.20 bits per heavy atom. The number of aromatic nitrogens is 1. The molecule has 1 aromatic heterocycles. The molecule has 0 spiro atoms. The number of pyridine rings is 1. The summed E-state index contributed by atoms with van der Waals surface area (Å²) in [6.45, 7) is 0.418. The molecule has 0 radical (unpaired) electrons. The molecular weight excluding hydrogens is 344 g/mol. The summed E-state index contributed by atoms with van der Waals surface area (Å²) in [5.41, 5.74) is 1.12. The molecular formula is C13H15BrN2O3S. The molecule has 0 bridgehead atoms. The van der Waals surface area contributed by atoms with Crippen LogP contribution in [0, 0.1) is 0 Å². The number of para-hydroxylation sites is 1. The number of nitrogens with zero attached hydrogens (tertiary/aromatic N) is 1. The maximum absolute atomic E-state index is 12.0. The second kappa shape index (κ2) is 6.51. The number of methoxy groups -OCH3 is 1. The Bertz CT molecular complexity index is 704. The first-order valence-corrected chi connectivity index (χ1v) is 8.50. The maximum atomic E-state index is 12.0. The van der Waals surface area contributed by atoms with Crippen LogP contribution in [0.3, 0.4) is 0 Å². The van der Waals surface area contributed by atoms with Crippen LogP contribution in [0.15, 0.2) is 34.9 Å². The SMILES string of the molecule is COCCCS(=O)(=O)Nc1cccc2cc(Br)cnc12. The number of anilines is 1. The van der Waals surface area contributed by atoms with Gasteiger partial charge < -0.3 is 4.74 Å². The van der Waals surface area contributed by atoms with Gasteiger partial charge in [0, 0.05) is 29.8 Å². The van der Waals surface area contributed by atoms with Crippen LogP contribution in [0.4, 0.5) is 5.69 Å². The van der Waals surface area contributed by atoms with Crippen molar-refractivity contribution in [2.75, 3.05) is 24.2 Å². The monoisotopic (exact) mass is 358 g/mol. The van der Waals surface area contributed by atoms with E-state index in [1.54, 1.807) is 25.4 Å². The minimum absolute atomic E-state index is 0.0216. The number of hydrogen-bond acceptors (Lipinski definition) is 4. The smallest absolute Gasteiger partial charge is 0.232 e. The number of hydrogen-bond donors (Lipinski definition) is 1. The van der Waals surface area contributed by atoms with Crippen molar-refractivity contribution in [3.63, 3.8) is 0 Å². The van der Waals surface area contributed by atoms with Crippen LogP contribution in [0.2, 0.25) is 0 Å². The normalized spacial score (nSPS) is 11.7. The van der Waals surface area contributed by atoms with Gasteiger partial charge in [0.15, 0.2) is 0 Å². The fraction of sp³-hybridized carbons (Fsp3) is 0.308. The van der Waals surface area contributed by atoms with E-state index in [-0.39, 0.29) is 5.75 Å². The van der Waals surface area contributed by atoms with Crippen LogP contribution in [0.25, 0.3) is 10.9 Å². The zero-order valence-corrected chi connectivity index (χ0v) is 13.4. The van der Waals surface area contributed by atoms with Gasteiger partial charge in [-0.3, -0.25) is 9.71 Å². The number of sulfonamides is 1. The molecule has 108 valence electrons. The van der Waals surface area contributed by atoms with Crippen LogP contribution in [0.1, 0.15) is 6.42 Å². The Balaban J connectivity index is 2.25. The minimum Gasteiger partial charge on any atom is -0.385 e. The Morgan fingerprint density at radius 3 is 2.95 bits per heavy atom. The van der Waals surface area contributed by atoms with Crippen molar-refractivity contribution in [1.29, 1.82) is 0 Å². The molecule has 1 aromatic carbocycles. The molecule has 0 aliphatic carbocycles. The highest BCUT2D eigenvalue weighted by atomic mass is 79.9. The lowest BCUT2D eigenvalue weighted by Gasteiger charge is -2.10.